The number of carbonyl (C=O) groups excluding carboxylic acids is 5. The zero-order chi connectivity index (χ0) is 33.4. The number of ether oxygens (including phenoxy) is 1. The van der Waals surface area contributed by atoms with Gasteiger partial charge in [-0.15, -0.1) is 0 Å². The summed E-state index contributed by atoms with van der Waals surface area (Å²) in [5.41, 5.74) is 1.99. The van der Waals surface area contributed by atoms with E-state index in [4.69, 9.17) is 9.84 Å². The Morgan fingerprint density at radius 1 is 0.778 bits per heavy atom. The van der Waals surface area contributed by atoms with E-state index >= 15 is 0 Å². The Kier molecular flexibility index (Phi) is 15.2. The molecule has 13 heteroatoms. The van der Waals surface area contributed by atoms with Crippen LogP contribution in [0.25, 0.3) is 0 Å². The molecule has 0 aliphatic rings. The second-order valence-electron chi connectivity index (χ2n) is 12.4. The fraction of sp³-hybridized carbons (Fsp3) is 0.469. The molecule has 0 fully saturated rings. The van der Waals surface area contributed by atoms with Crippen molar-refractivity contribution in [3.63, 3.8) is 0 Å². The number of aliphatic hydroxyl groups excluding tert-OH is 1. The summed E-state index contributed by atoms with van der Waals surface area (Å²) >= 11 is 0. The zero-order valence-electron chi connectivity index (χ0n) is 26.8. The SMILES string of the molecule is CC(C)C[C@H](NC(=O)[C@H](Cc1ccccc1)NC(=O)CNC(=O)OCC[Si](C)(C)C)C(=O)NCC(=O)Nc1ccc(CO)cc1. The van der Waals surface area contributed by atoms with Crippen LogP contribution in [0.5, 0.6) is 0 Å². The van der Waals surface area contributed by atoms with Crippen LogP contribution in [0.3, 0.4) is 0 Å². The zero-order valence-corrected chi connectivity index (χ0v) is 27.8. The van der Waals surface area contributed by atoms with Crippen LogP contribution in [-0.2, 0) is 36.9 Å². The summed E-state index contributed by atoms with van der Waals surface area (Å²) in [5, 5.41) is 22.2. The number of alkyl carbamates (subject to hydrolysis) is 1. The lowest BCUT2D eigenvalue weighted by atomic mass is 10.0. The fourth-order valence-electron chi connectivity index (χ4n) is 4.12. The molecule has 12 nitrogen and oxygen atoms in total. The van der Waals surface area contributed by atoms with E-state index in [0.717, 1.165) is 11.6 Å². The normalized spacial score (nSPS) is 12.4. The van der Waals surface area contributed by atoms with Gasteiger partial charge in [0, 0.05) is 20.2 Å². The third kappa shape index (κ3) is 15.4. The summed E-state index contributed by atoms with van der Waals surface area (Å²) in [6, 6.07) is 14.5. The van der Waals surface area contributed by atoms with Gasteiger partial charge < -0.3 is 36.4 Å². The van der Waals surface area contributed by atoms with Gasteiger partial charge in [-0.2, -0.15) is 0 Å². The van der Waals surface area contributed by atoms with E-state index in [-0.39, 0.29) is 32.1 Å². The molecule has 2 aromatic carbocycles. The van der Waals surface area contributed by atoms with Gasteiger partial charge in [-0.05, 0) is 41.6 Å². The lowest BCUT2D eigenvalue weighted by Gasteiger charge is -2.24. The number of hydrogen-bond acceptors (Lipinski definition) is 7. The van der Waals surface area contributed by atoms with Gasteiger partial charge in [-0.3, -0.25) is 19.2 Å². The van der Waals surface area contributed by atoms with Gasteiger partial charge in [-0.25, -0.2) is 4.79 Å². The summed E-state index contributed by atoms with van der Waals surface area (Å²) in [4.78, 5) is 63.8. The molecule has 2 atom stereocenters. The molecule has 0 aromatic heterocycles. The van der Waals surface area contributed by atoms with Crippen molar-refractivity contribution in [1.82, 2.24) is 21.3 Å². The molecule has 0 saturated carbocycles. The monoisotopic (exact) mass is 641 g/mol. The highest BCUT2D eigenvalue weighted by Crippen LogP contribution is 2.11. The summed E-state index contributed by atoms with van der Waals surface area (Å²) in [6.07, 6.45) is -0.280. The topological polar surface area (TPSA) is 175 Å². The van der Waals surface area contributed by atoms with Crippen LogP contribution in [-0.4, -0.2) is 74.7 Å². The molecule has 0 aliphatic carbocycles. The van der Waals surface area contributed by atoms with Gasteiger partial charge in [-0.1, -0.05) is 76.0 Å². The van der Waals surface area contributed by atoms with Crippen LogP contribution >= 0.6 is 0 Å². The number of amides is 5. The second-order valence-corrected chi connectivity index (χ2v) is 18.0. The predicted octanol–water partition coefficient (Wildman–Crippen LogP) is 2.56. The molecule has 246 valence electrons. The maximum atomic E-state index is 13.5. The maximum Gasteiger partial charge on any atom is 0.407 e. The Bertz CT molecular complexity index is 1270. The van der Waals surface area contributed by atoms with Crippen LogP contribution < -0.4 is 26.6 Å². The largest absolute Gasteiger partial charge is 0.450 e. The first-order valence-electron chi connectivity index (χ1n) is 15.1. The van der Waals surface area contributed by atoms with Crippen LogP contribution in [0.4, 0.5) is 10.5 Å². The van der Waals surface area contributed by atoms with Gasteiger partial charge in [0.1, 0.15) is 18.6 Å². The number of hydrogen-bond donors (Lipinski definition) is 6. The van der Waals surface area contributed by atoms with E-state index in [1.165, 1.54) is 0 Å². The molecule has 2 aromatic rings. The van der Waals surface area contributed by atoms with Gasteiger partial charge in [0.05, 0.1) is 19.8 Å². The molecule has 45 heavy (non-hydrogen) atoms. The quantitative estimate of drug-likeness (QED) is 0.144. The number of benzene rings is 2. The second kappa shape index (κ2) is 18.5. The molecular formula is C32H47N5O7Si. The Morgan fingerprint density at radius 2 is 1.42 bits per heavy atom. The average Bonchev–Trinajstić information content (AvgIpc) is 2.98. The molecule has 0 aliphatic heterocycles. The van der Waals surface area contributed by atoms with Crippen molar-refractivity contribution in [2.75, 3.05) is 25.0 Å². The van der Waals surface area contributed by atoms with E-state index in [1.54, 1.807) is 24.3 Å². The summed E-state index contributed by atoms with van der Waals surface area (Å²) in [5.74, 6) is -2.16. The highest BCUT2D eigenvalue weighted by Gasteiger charge is 2.28. The van der Waals surface area contributed by atoms with Gasteiger partial charge in [0.15, 0.2) is 0 Å². The van der Waals surface area contributed by atoms with E-state index in [0.29, 0.717) is 17.7 Å². The third-order valence-corrected chi connectivity index (χ3v) is 8.30. The molecular weight excluding hydrogens is 594 g/mol. The Labute approximate surface area is 266 Å². The lowest BCUT2D eigenvalue weighted by molar-refractivity contribution is -0.132. The van der Waals surface area contributed by atoms with E-state index in [1.807, 2.05) is 44.2 Å². The van der Waals surface area contributed by atoms with Gasteiger partial charge in [0.2, 0.25) is 23.6 Å². The highest BCUT2D eigenvalue weighted by molar-refractivity contribution is 6.76. The van der Waals surface area contributed by atoms with Crippen molar-refractivity contribution < 1.29 is 33.8 Å². The van der Waals surface area contributed by atoms with Crippen molar-refractivity contribution in [2.45, 2.75) is 71.1 Å². The smallest absolute Gasteiger partial charge is 0.407 e. The maximum absolute atomic E-state index is 13.5. The number of nitrogens with one attached hydrogen (secondary N) is 5. The molecule has 0 radical (unpaired) electrons. The van der Waals surface area contributed by atoms with Crippen molar-refractivity contribution in [1.29, 1.82) is 0 Å². The minimum Gasteiger partial charge on any atom is -0.450 e. The van der Waals surface area contributed by atoms with Crippen molar-refractivity contribution in [3.8, 4) is 0 Å². The molecule has 2 rings (SSSR count). The summed E-state index contributed by atoms with van der Waals surface area (Å²) < 4.78 is 5.16. The third-order valence-electron chi connectivity index (χ3n) is 6.60. The Balaban J connectivity index is 2.02. The van der Waals surface area contributed by atoms with Crippen LogP contribution in [0, 0.1) is 5.92 Å². The van der Waals surface area contributed by atoms with Gasteiger partial charge in [0.25, 0.3) is 0 Å². The Morgan fingerprint density at radius 3 is 2.02 bits per heavy atom. The van der Waals surface area contributed by atoms with Crippen LogP contribution in [0.2, 0.25) is 25.7 Å². The minimum atomic E-state index is -1.39. The standard InChI is InChI=1S/C32H47N5O7Si/c1-22(2)17-26(30(41)33-19-28(39)35-25-13-11-24(21-38)12-14-25)37-31(42)27(18-23-9-7-6-8-10-23)36-29(40)20-34-32(43)44-15-16-45(3,4)5/h6-14,22,26-27,38H,15-21H2,1-5H3,(H,33,41)(H,34,43)(H,35,39)(H,36,40)(H,37,42)/t26-,27-/m0/s1. The molecule has 0 spiro atoms. The molecule has 0 saturated heterocycles. The number of rotatable bonds is 17. The summed E-state index contributed by atoms with van der Waals surface area (Å²) in [7, 11) is -1.39. The van der Waals surface area contributed by atoms with Crippen molar-refractivity contribution in [3.05, 3.63) is 65.7 Å². The minimum absolute atomic E-state index is 0.0262. The molecule has 0 unspecified atom stereocenters. The van der Waals surface area contributed by atoms with Crippen LogP contribution in [0.15, 0.2) is 54.6 Å². The number of anilines is 1. The molecule has 5 amide bonds. The van der Waals surface area contributed by atoms with Crippen LogP contribution in [0.1, 0.15) is 31.4 Å². The first kappa shape index (κ1) is 37.0. The van der Waals surface area contributed by atoms with Crippen molar-refractivity contribution in [2.24, 2.45) is 5.92 Å². The number of aliphatic hydroxyl groups is 1. The highest BCUT2D eigenvalue weighted by atomic mass is 28.3. The summed E-state index contributed by atoms with van der Waals surface area (Å²) in [6.45, 7) is 9.70. The number of carbonyl (C=O) groups is 5. The first-order valence-corrected chi connectivity index (χ1v) is 18.8. The molecule has 0 heterocycles. The Hall–Kier alpha value is -4.23. The molecule has 0 bridgehead atoms. The fourth-order valence-corrected chi connectivity index (χ4v) is 4.84. The van der Waals surface area contributed by atoms with E-state index in [9.17, 15) is 24.0 Å². The predicted molar refractivity (Wildman–Crippen MR) is 175 cm³/mol. The first-order chi connectivity index (χ1) is 21.3. The van der Waals surface area contributed by atoms with E-state index < -0.39 is 56.4 Å². The van der Waals surface area contributed by atoms with E-state index in [2.05, 4.69) is 46.2 Å². The van der Waals surface area contributed by atoms with Crippen molar-refractivity contribution >= 4 is 43.5 Å². The molecule has 6 N–H and O–H groups in total. The lowest BCUT2D eigenvalue weighted by Crippen LogP contribution is -2.56. The van der Waals surface area contributed by atoms with Gasteiger partial charge >= 0.3 is 6.09 Å². The average molecular weight is 642 g/mol.